The summed E-state index contributed by atoms with van der Waals surface area (Å²) in [6.45, 7) is 3.78. The standard InChI is InChI=1S/C18H15FN2O/c1-12-3-9-16(10-4-12)21-18(22)17(13(2)20-21)11-14-5-7-15(19)8-6-14/h3-11H,1-2H3. The molecule has 0 bridgehead atoms. The maximum atomic E-state index is 12.9. The molecular formula is C18H15FN2O. The van der Waals surface area contributed by atoms with E-state index in [9.17, 15) is 9.18 Å². The molecule has 0 fully saturated rings. The maximum absolute atomic E-state index is 12.9. The van der Waals surface area contributed by atoms with Crippen LogP contribution in [0.2, 0.25) is 0 Å². The molecule has 0 aliphatic carbocycles. The van der Waals surface area contributed by atoms with E-state index in [1.165, 1.54) is 17.1 Å². The minimum atomic E-state index is -0.299. The Balaban J connectivity index is 1.92. The highest BCUT2D eigenvalue weighted by Crippen LogP contribution is 2.25. The second kappa shape index (κ2) is 5.56. The Kier molecular flexibility index (Phi) is 3.59. The number of carbonyl (C=O) groups excluding carboxylic acids is 1. The van der Waals surface area contributed by atoms with Gasteiger partial charge in [0.25, 0.3) is 5.91 Å². The first-order valence-corrected chi connectivity index (χ1v) is 6.98. The number of hydrogen-bond donors (Lipinski definition) is 0. The molecule has 0 radical (unpaired) electrons. The number of carbonyl (C=O) groups is 1. The Morgan fingerprint density at radius 3 is 2.27 bits per heavy atom. The van der Waals surface area contributed by atoms with Crippen LogP contribution in [0.15, 0.2) is 59.2 Å². The Hall–Kier alpha value is -2.75. The predicted molar refractivity (Wildman–Crippen MR) is 86.2 cm³/mol. The van der Waals surface area contributed by atoms with Gasteiger partial charge < -0.3 is 0 Å². The third kappa shape index (κ3) is 2.68. The summed E-state index contributed by atoms with van der Waals surface area (Å²) in [4.78, 5) is 12.5. The first-order chi connectivity index (χ1) is 10.5. The number of amides is 1. The van der Waals surface area contributed by atoms with Gasteiger partial charge >= 0.3 is 0 Å². The van der Waals surface area contributed by atoms with Gasteiger partial charge in [-0.3, -0.25) is 4.79 Å². The summed E-state index contributed by atoms with van der Waals surface area (Å²) >= 11 is 0. The van der Waals surface area contributed by atoms with E-state index in [1.54, 1.807) is 25.1 Å². The molecule has 0 spiro atoms. The maximum Gasteiger partial charge on any atom is 0.280 e. The molecule has 1 aliphatic heterocycles. The monoisotopic (exact) mass is 294 g/mol. The molecule has 3 rings (SSSR count). The molecule has 2 aromatic rings. The summed E-state index contributed by atoms with van der Waals surface area (Å²) in [7, 11) is 0. The number of rotatable bonds is 2. The van der Waals surface area contributed by atoms with Crippen molar-refractivity contribution in [2.24, 2.45) is 5.10 Å². The quantitative estimate of drug-likeness (QED) is 0.772. The van der Waals surface area contributed by atoms with Crippen LogP contribution in [0, 0.1) is 12.7 Å². The fraction of sp³-hybridized carbons (Fsp3) is 0.111. The number of benzene rings is 2. The van der Waals surface area contributed by atoms with Crippen molar-refractivity contribution in [3.8, 4) is 0 Å². The van der Waals surface area contributed by atoms with Crippen LogP contribution in [0.25, 0.3) is 6.08 Å². The van der Waals surface area contributed by atoms with Crippen molar-refractivity contribution in [3.63, 3.8) is 0 Å². The van der Waals surface area contributed by atoms with Gasteiger partial charge in [-0.05, 0) is 49.8 Å². The van der Waals surface area contributed by atoms with Gasteiger partial charge in [-0.2, -0.15) is 10.1 Å². The van der Waals surface area contributed by atoms with Crippen molar-refractivity contribution in [2.75, 3.05) is 5.01 Å². The van der Waals surface area contributed by atoms with Crippen molar-refractivity contribution >= 4 is 23.4 Å². The molecular weight excluding hydrogens is 279 g/mol. The zero-order valence-electron chi connectivity index (χ0n) is 12.4. The Bertz CT molecular complexity index is 774. The molecule has 22 heavy (non-hydrogen) atoms. The van der Waals surface area contributed by atoms with E-state index in [0.717, 1.165) is 16.8 Å². The van der Waals surface area contributed by atoms with Crippen molar-refractivity contribution in [1.29, 1.82) is 0 Å². The van der Waals surface area contributed by atoms with E-state index >= 15 is 0 Å². The van der Waals surface area contributed by atoms with E-state index in [1.807, 2.05) is 31.2 Å². The molecule has 0 atom stereocenters. The van der Waals surface area contributed by atoms with E-state index < -0.39 is 0 Å². The summed E-state index contributed by atoms with van der Waals surface area (Å²) in [6.07, 6.45) is 1.73. The highest BCUT2D eigenvalue weighted by Gasteiger charge is 2.28. The van der Waals surface area contributed by atoms with Gasteiger partial charge in [0, 0.05) is 0 Å². The lowest BCUT2D eigenvalue weighted by atomic mass is 10.1. The average molecular weight is 294 g/mol. The van der Waals surface area contributed by atoms with E-state index in [-0.39, 0.29) is 11.7 Å². The van der Waals surface area contributed by atoms with E-state index in [0.29, 0.717) is 11.3 Å². The summed E-state index contributed by atoms with van der Waals surface area (Å²) in [6, 6.07) is 13.6. The van der Waals surface area contributed by atoms with Gasteiger partial charge in [-0.25, -0.2) is 4.39 Å². The normalized spacial score (nSPS) is 16.3. The number of halogens is 1. The summed E-state index contributed by atoms with van der Waals surface area (Å²) in [5, 5.41) is 5.72. The number of anilines is 1. The largest absolute Gasteiger partial charge is 0.280 e. The predicted octanol–water partition coefficient (Wildman–Crippen LogP) is 3.94. The smallest absolute Gasteiger partial charge is 0.267 e. The van der Waals surface area contributed by atoms with Gasteiger partial charge in [0.2, 0.25) is 0 Å². The number of hydrazone groups is 1. The molecule has 110 valence electrons. The molecule has 0 saturated heterocycles. The third-order valence-electron chi connectivity index (χ3n) is 3.52. The lowest BCUT2D eigenvalue weighted by Gasteiger charge is -2.11. The molecule has 2 aromatic carbocycles. The lowest BCUT2D eigenvalue weighted by molar-refractivity contribution is -0.114. The Labute approximate surface area is 128 Å². The first-order valence-electron chi connectivity index (χ1n) is 6.98. The first kappa shape index (κ1) is 14.2. The molecule has 0 saturated carbocycles. The zero-order chi connectivity index (χ0) is 15.7. The summed E-state index contributed by atoms with van der Waals surface area (Å²) in [5.74, 6) is -0.475. The Morgan fingerprint density at radius 2 is 1.64 bits per heavy atom. The molecule has 0 unspecified atom stereocenters. The number of nitrogens with zero attached hydrogens (tertiary/aromatic N) is 2. The Morgan fingerprint density at radius 1 is 1.00 bits per heavy atom. The molecule has 1 amide bonds. The second-order valence-electron chi connectivity index (χ2n) is 5.25. The molecule has 4 heteroatoms. The van der Waals surface area contributed by atoms with Crippen molar-refractivity contribution in [3.05, 3.63) is 71.0 Å². The van der Waals surface area contributed by atoms with Gasteiger partial charge in [0.15, 0.2) is 0 Å². The van der Waals surface area contributed by atoms with Crippen molar-refractivity contribution < 1.29 is 9.18 Å². The summed E-state index contributed by atoms with van der Waals surface area (Å²) in [5.41, 5.74) is 3.79. The van der Waals surface area contributed by atoms with Crippen LogP contribution < -0.4 is 5.01 Å². The van der Waals surface area contributed by atoms with Gasteiger partial charge in [-0.1, -0.05) is 29.8 Å². The molecule has 1 heterocycles. The third-order valence-corrected chi connectivity index (χ3v) is 3.52. The molecule has 3 nitrogen and oxygen atoms in total. The van der Waals surface area contributed by atoms with Gasteiger partial charge in [0.05, 0.1) is 17.0 Å². The van der Waals surface area contributed by atoms with Crippen LogP contribution >= 0.6 is 0 Å². The fourth-order valence-electron chi connectivity index (χ4n) is 2.27. The SMILES string of the molecule is CC1=NN(c2ccc(C)cc2)C(=O)C1=Cc1ccc(F)cc1. The molecule has 0 aromatic heterocycles. The van der Waals surface area contributed by atoms with Crippen LogP contribution in [-0.4, -0.2) is 11.6 Å². The van der Waals surface area contributed by atoms with Crippen LogP contribution in [0.4, 0.5) is 10.1 Å². The zero-order valence-corrected chi connectivity index (χ0v) is 12.4. The molecule has 0 N–H and O–H groups in total. The van der Waals surface area contributed by atoms with Crippen LogP contribution in [0.3, 0.4) is 0 Å². The highest BCUT2D eigenvalue weighted by molar-refractivity contribution is 6.32. The van der Waals surface area contributed by atoms with E-state index in [2.05, 4.69) is 5.10 Å². The summed E-state index contributed by atoms with van der Waals surface area (Å²) < 4.78 is 12.9. The van der Waals surface area contributed by atoms with Crippen LogP contribution in [-0.2, 0) is 4.79 Å². The fourth-order valence-corrected chi connectivity index (χ4v) is 2.27. The van der Waals surface area contributed by atoms with E-state index in [4.69, 9.17) is 0 Å². The minimum Gasteiger partial charge on any atom is -0.267 e. The number of hydrogen-bond acceptors (Lipinski definition) is 2. The minimum absolute atomic E-state index is 0.175. The van der Waals surface area contributed by atoms with Crippen LogP contribution in [0.1, 0.15) is 18.1 Å². The second-order valence-corrected chi connectivity index (χ2v) is 5.25. The molecule has 1 aliphatic rings. The van der Waals surface area contributed by atoms with Gasteiger partial charge in [-0.15, -0.1) is 0 Å². The highest BCUT2D eigenvalue weighted by atomic mass is 19.1. The van der Waals surface area contributed by atoms with Crippen molar-refractivity contribution in [2.45, 2.75) is 13.8 Å². The number of aryl methyl sites for hydroxylation is 1. The van der Waals surface area contributed by atoms with Crippen molar-refractivity contribution in [1.82, 2.24) is 0 Å². The van der Waals surface area contributed by atoms with Crippen LogP contribution in [0.5, 0.6) is 0 Å². The lowest BCUT2D eigenvalue weighted by Crippen LogP contribution is -2.21. The van der Waals surface area contributed by atoms with Gasteiger partial charge in [0.1, 0.15) is 5.82 Å². The average Bonchev–Trinajstić information content (AvgIpc) is 2.78. The topological polar surface area (TPSA) is 32.7 Å².